The number of carbonyl (C=O) groups excluding carboxylic acids is 1. The third-order valence-electron chi connectivity index (χ3n) is 3.15. The fourth-order valence-corrected chi connectivity index (χ4v) is 2.54. The van der Waals surface area contributed by atoms with E-state index in [1.54, 1.807) is 22.0 Å². The lowest BCUT2D eigenvalue weighted by Crippen LogP contribution is -2.30. The second-order valence-electron chi connectivity index (χ2n) is 4.46. The first-order valence-electron chi connectivity index (χ1n) is 5.94. The predicted molar refractivity (Wildman–Crippen MR) is 73.9 cm³/mol. The van der Waals surface area contributed by atoms with Gasteiger partial charge in [-0.1, -0.05) is 0 Å². The average molecular weight is 338 g/mol. The van der Waals surface area contributed by atoms with Crippen molar-refractivity contribution in [1.29, 1.82) is 0 Å². The van der Waals surface area contributed by atoms with E-state index in [1.807, 2.05) is 13.2 Å². The van der Waals surface area contributed by atoms with Crippen molar-refractivity contribution in [2.75, 3.05) is 12.0 Å². The van der Waals surface area contributed by atoms with Gasteiger partial charge in [-0.05, 0) is 15.9 Å². The Balaban J connectivity index is 2.01. The smallest absolute Gasteiger partial charge is 0.333 e. The monoisotopic (exact) mass is 337 g/mol. The van der Waals surface area contributed by atoms with E-state index in [4.69, 9.17) is 4.74 Å². The van der Waals surface area contributed by atoms with Gasteiger partial charge in [0.25, 0.3) is 0 Å². The molecule has 0 saturated heterocycles. The predicted octanol–water partition coefficient (Wildman–Crippen LogP) is 1.21. The van der Waals surface area contributed by atoms with E-state index < -0.39 is 6.04 Å². The zero-order chi connectivity index (χ0) is 14.3. The van der Waals surface area contributed by atoms with Gasteiger partial charge in [0.15, 0.2) is 6.04 Å². The molecule has 8 heteroatoms. The van der Waals surface area contributed by atoms with Crippen molar-refractivity contribution in [3.8, 4) is 0 Å². The summed E-state index contributed by atoms with van der Waals surface area (Å²) < 4.78 is 7.37. The van der Waals surface area contributed by atoms with Crippen LogP contribution >= 0.6 is 15.9 Å². The minimum absolute atomic E-state index is 0.344. The molecule has 20 heavy (non-hydrogen) atoms. The van der Waals surface area contributed by atoms with Crippen LogP contribution in [0, 0.1) is 0 Å². The van der Waals surface area contributed by atoms with Crippen molar-refractivity contribution < 1.29 is 9.53 Å². The molecule has 2 aromatic heterocycles. The average Bonchev–Trinajstić information content (AvgIpc) is 2.94. The standard InChI is InChI=1S/C12H12BrN5O2/c1-17-5-8-9(16-17)6-18(10(8)11(19)20-2)12-14-3-7(13)4-15-12/h3-5,10H,6H2,1-2H3. The first kappa shape index (κ1) is 13.0. The third-order valence-corrected chi connectivity index (χ3v) is 3.56. The number of esters is 1. The van der Waals surface area contributed by atoms with Crippen molar-refractivity contribution in [1.82, 2.24) is 19.7 Å². The largest absolute Gasteiger partial charge is 0.467 e. The SMILES string of the molecule is COC(=O)C1c2cn(C)nc2CN1c1ncc(Br)cn1. The Kier molecular flexibility index (Phi) is 3.17. The number of fused-ring (bicyclic) bond motifs is 1. The number of nitrogens with zero attached hydrogens (tertiary/aromatic N) is 5. The topological polar surface area (TPSA) is 73.1 Å². The van der Waals surface area contributed by atoms with Crippen LogP contribution in [0.1, 0.15) is 17.3 Å². The molecule has 1 unspecified atom stereocenters. The number of ether oxygens (including phenoxy) is 1. The van der Waals surface area contributed by atoms with Crippen molar-refractivity contribution in [3.05, 3.63) is 34.3 Å². The van der Waals surface area contributed by atoms with Gasteiger partial charge in [0.05, 0.1) is 23.8 Å². The number of aromatic nitrogens is 4. The summed E-state index contributed by atoms with van der Waals surface area (Å²) in [5.74, 6) is 0.132. The summed E-state index contributed by atoms with van der Waals surface area (Å²) in [5, 5.41) is 4.35. The summed E-state index contributed by atoms with van der Waals surface area (Å²) in [7, 11) is 3.20. The van der Waals surface area contributed by atoms with Crippen LogP contribution in [-0.4, -0.2) is 32.8 Å². The van der Waals surface area contributed by atoms with Crippen LogP contribution in [0.25, 0.3) is 0 Å². The van der Waals surface area contributed by atoms with E-state index >= 15 is 0 Å². The van der Waals surface area contributed by atoms with E-state index in [2.05, 4.69) is 31.0 Å². The lowest BCUT2D eigenvalue weighted by molar-refractivity contribution is -0.142. The quantitative estimate of drug-likeness (QED) is 0.767. The second-order valence-corrected chi connectivity index (χ2v) is 5.38. The Bertz CT molecular complexity index is 654. The maximum absolute atomic E-state index is 12.1. The van der Waals surface area contributed by atoms with E-state index in [1.165, 1.54) is 7.11 Å². The van der Waals surface area contributed by atoms with Crippen LogP contribution in [0.3, 0.4) is 0 Å². The van der Waals surface area contributed by atoms with Gasteiger partial charge in [-0.25, -0.2) is 14.8 Å². The van der Waals surface area contributed by atoms with Crippen LogP contribution in [0.4, 0.5) is 5.95 Å². The van der Waals surface area contributed by atoms with Gasteiger partial charge in [-0.2, -0.15) is 5.10 Å². The molecule has 0 spiro atoms. The molecule has 2 aromatic rings. The number of hydrogen-bond donors (Lipinski definition) is 0. The first-order chi connectivity index (χ1) is 9.60. The summed E-state index contributed by atoms with van der Waals surface area (Å²) in [4.78, 5) is 22.3. The zero-order valence-electron chi connectivity index (χ0n) is 10.9. The Labute approximate surface area is 123 Å². The Morgan fingerprint density at radius 1 is 1.45 bits per heavy atom. The minimum Gasteiger partial charge on any atom is -0.467 e. The van der Waals surface area contributed by atoms with Crippen molar-refractivity contribution in [2.45, 2.75) is 12.6 Å². The summed E-state index contributed by atoms with van der Waals surface area (Å²) >= 11 is 3.29. The van der Waals surface area contributed by atoms with Gasteiger partial charge >= 0.3 is 5.97 Å². The summed E-state index contributed by atoms with van der Waals surface area (Å²) in [5.41, 5.74) is 1.68. The molecule has 1 aliphatic rings. The highest BCUT2D eigenvalue weighted by Gasteiger charge is 2.40. The van der Waals surface area contributed by atoms with E-state index in [9.17, 15) is 4.79 Å². The molecule has 3 heterocycles. The molecule has 0 N–H and O–H groups in total. The number of hydrogen-bond acceptors (Lipinski definition) is 6. The van der Waals surface area contributed by atoms with Crippen LogP contribution < -0.4 is 4.90 Å². The van der Waals surface area contributed by atoms with Crippen LogP contribution in [0.2, 0.25) is 0 Å². The number of methoxy groups -OCH3 is 1. The fraction of sp³-hybridized carbons (Fsp3) is 0.333. The molecular formula is C12H12BrN5O2. The number of carbonyl (C=O) groups is 1. The van der Waals surface area contributed by atoms with E-state index in [0.717, 1.165) is 15.7 Å². The summed E-state index contributed by atoms with van der Waals surface area (Å²) in [6.45, 7) is 0.484. The molecule has 0 saturated carbocycles. The van der Waals surface area contributed by atoms with Gasteiger partial charge in [0, 0.05) is 31.2 Å². The molecule has 3 rings (SSSR count). The summed E-state index contributed by atoms with van der Waals surface area (Å²) in [6, 6.07) is -0.551. The van der Waals surface area contributed by atoms with E-state index in [-0.39, 0.29) is 5.97 Å². The van der Waals surface area contributed by atoms with Gasteiger partial charge in [0.2, 0.25) is 5.95 Å². The number of rotatable bonds is 2. The van der Waals surface area contributed by atoms with Gasteiger partial charge in [-0.3, -0.25) is 4.68 Å². The first-order valence-corrected chi connectivity index (χ1v) is 6.74. The highest BCUT2D eigenvalue weighted by molar-refractivity contribution is 9.10. The molecule has 0 bridgehead atoms. The lowest BCUT2D eigenvalue weighted by atomic mass is 10.1. The number of anilines is 1. The number of aryl methyl sites for hydroxylation is 1. The molecule has 0 amide bonds. The molecule has 0 fully saturated rings. The number of halogens is 1. The maximum atomic E-state index is 12.1. The zero-order valence-corrected chi connectivity index (χ0v) is 12.5. The maximum Gasteiger partial charge on any atom is 0.333 e. The van der Waals surface area contributed by atoms with Crippen LogP contribution in [0.5, 0.6) is 0 Å². The Hall–Kier alpha value is -1.96. The molecule has 7 nitrogen and oxygen atoms in total. The summed E-state index contributed by atoms with van der Waals surface area (Å²) in [6.07, 6.45) is 5.12. The fourth-order valence-electron chi connectivity index (χ4n) is 2.33. The van der Waals surface area contributed by atoms with Gasteiger partial charge in [-0.15, -0.1) is 0 Å². The third kappa shape index (κ3) is 2.05. The van der Waals surface area contributed by atoms with Gasteiger partial charge < -0.3 is 9.64 Å². The molecular weight excluding hydrogens is 326 g/mol. The molecule has 0 aliphatic carbocycles. The normalized spacial score (nSPS) is 17.1. The molecule has 104 valence electrons. The molecule has 0 aromatic carbocycles. The van der Waals surface area contributed by atoms with Crippen LogP contribution in [0.15, 0.2) is 23.1 Å². The molecule has 1 aliphatic heterocycles. The van der Waals surface area contributed by atoms with Crippen molar-refractivity contribution >= 4 is 27.8 Å². The molecule has 1 atom stereocenters. The second kappa shape index (κ2) is 4.86. The minimum atomic E-state index is -0.551. The van der Waals surface area contributed by atoms with Gasteiger partial charge in [0.1, 0.15) is 0 Å². The highest BCUT2D eigenvalue weighted by atomic mass is 79.9. The van der Waals surface area contributed by atoms with Crippen molar-refractivity contribution in [3.63, 3.8) is 0 Å². The highest BCUT2D eigenvalue weighted by Crippen LogP contribution is 2.35. The van der Waals surface area contributed by atoms with Crippen molar-refractivity contribution in [2.24, 2.45) is 7.05 Å². The molecule has 0 radical (unpaired) electrons. The lowest BCUT2D eigenvalue weighted by Gasteiger charge is -2.22. The Morgan fingerprint density at radius 3 is 2.80 bits per heavy atom. The Morgan fingerprint density at radius 2 is 2.15 bits per heavy atom. The van der Waals surface area contributed by atoms with E-state index in [0.29, 0.717) is 12.5 Å². The van der Waals surface area contributed by atoms with Crippen LogP contribution in [-0.2, 0) is 23.1 Å².